The Morgan fingerprint density at radius 2 is 1.79 bits per heavy atom. The molecule has 1 aliphatic rings. The molecule has 9 heteroatoms. The maximum atomic E-state index is 12.4. The Balaban J connectivity index is 1.43. The number of hydrogen-bond acceptors (Lipinski definition) is 5. The Hall–Kier alpha value is -3.26. The smallest absolute Gasteiger partial charge is 0.264 e. The van der Waals surface area contributed by atoms with Gasteiger partial charge in [0.25, 0.3) is 11.8 Å². The van der Waals surface area contributed by atoms with Crippen molar-refractivity contribution in [1.29, 1.82) is 0 Å². The third-order valence-electron chi connectivity index (χ3n) is 4.41. The number of halogens is 2. The average molecular weight is 498 g/mol. The van der Waals surface area contributed by atoms with Crippen molar-refractivity contribution in [2.45, 2.75) is 0 Å². The Bertz CT molecular complexity index is 1260. The van der Waals surface area contributed by atoms with E-state index in [0.29, 0.717) is 37.1 Å². The maximum Gasteiger partial charge on any atom is 0.264 e. The molecule has 0 aliphatic carbocycles. The molecular formula is C24H17Cl2N3O3S. The summed E-state index contributed by atoms with van der Waals surface area (Å²) in [5.74, 6) is -0.140. The fourth-order valence-electron chi connectivity index (χ4n) is 2.89. The Morgan fingerprint density at radius 3 is 2.58 bits per heavy atom. The SMILES string of the molecule is O=C(COc1ccccc1/C=C1/SC(=Nc2ccccc2)NC1=O)Nc1ccc(Cl)c(Cl)c1. The fraction of sp³-hybridized carbons (Fsp3) is 0.0417. The molecule has 0 unspecified atom stereocenters. The van der Waals surface area contributed by atoms with Crippen molar-refractivity contribution in [2.75, 3.05) is 11.9 Å². The number of amides is 2. The molecule has 1 saturated heterocycles. The maximum absolute atomic E-state index is 12.4. The molecular weight excluding hydrogens is 481 g/mol. The van der Waals surface area contributed by atoms with E-state index in [0.717, 1.165) is 5.69 Å². The number of carbonyl (C=O) groups excluding carboxylic acids is 2. The Morgan fingerprint density at radius 1 is 1.03 bits per heavy atom. The molecule has 3 aromatic carbocycles. The number of amidine groups is 1. The van der Waals surface area contributed by atoms with Crippen molar-refractivity contribution >= 4 is 69.4 Å². The average Bonchev–Trinajstić information content (AvgIpc) is 3.15. The molecule has 0 spiro atoms. The van der Waals surface area contributed by atoms with Crippen molar-refractivity contribution in [2.24, 2.45) is 4.99 Å². The topological polar surface area (TPSA) is 79.8 Å². The molecule has 3 aromatic rings. The van der Waals surface area contributed by atoms with E-state index in [1.165, 1.54) is 11.8 Å². The lowest BCUT2D eigenvalue weighted by molar-refractivity contribution is -0.118. The van der Waals surface area contributed by atoms with Gasteiger partial charge in [-0.3, -0.25) is 9.59 Å². The van der Waals surface area contributed by atoms with E-state index in [4.69, 9.17) is 27.9 Å². The van der Waals surface area contributed by atoms with Crippen LogP contribution in [0.2, 0.25) is 10.0 Å². The number of carbonyl (C=O) groups is 2. The minimum Gasteiger partial charge on any atom is -0.483 e. The summed E-state index contributed by atoms with van der Waals surface area (Å²) in [6.45, 7) is -0.222. The molecule has 2 amide bonds. The van der Waals surface area contributed by atoms with Gasteiger partial charge < -0.3 is 15.4 Å². The number of anilines is 1. The van der Waals surface area contributed by atoms with Crippen LogP contribution in [0.4, 0.5) is 11.4 Å². The third kappa shape index (κ3) is 6.16. The first-order valence-corrected chi connectivity index (χ1v) is 11.4. The number of ether oxygens (including phenoxy) is 1. The van der Waals surface area contributed by atoms with Crippen LogP contribution in [-0.2, 0) is 9.59 Å². The minimum absolute atomic E-state index is 0.222. The first-order chi connectivity index (χ1) is 16.0. The van der Waals surface area contributed by atoms with Crippen LogP contribution in [0.5, 0.6) is 5.75 Å². The summed E-state index contributed by atoms with van der Waals surface area (Å²) >= 11 is 13.1. The second-order valence-electron chi connectivity index (χ2n) is 6.82. The summed E-state index contributed by atoms with van der Waals surface area (Å²) in [4.78, 5) is 29.6. The molecule has 166 valence electrons. The van der Waals surface area contributed by atoms with E-state index in [9.17, 15) is 9.59 Å². The number of nitrogens with zero attached hydrogens (tertiary/aromatic N) is 1. The normalized spacial score (nSPS) is 15.5. The van der Waals surface area contributed by atoms with Crippen LogP contribution in [0.25, 0.3) is 6.08 Å². The molecule has 0 bridgehead atoms. The lowest BCUT2D eigenvalue weighted by Gasteiger charge is -2.10. The van der Waals surface area contributed by atoms with Crippen LogP contribution in [0, 0.1) is 0 Å². The predicted octanol–water partition coefficient (Wildman–Crippen LogP) is 5.90. The summed E-state index contributed by atoms with van der Waals surface area (Å²) < 4.78 is 5.71. The number of benzene rings is 3. The number of hydrogen-bond donors (Lipinski definition) is 2. The number of thioether (sulfide) groups is 1. The van der Waals surface area contributed by atoms with Gasteiger partial charge in [-0.15, -0.1) is 0 Å². The van der Waals surface area contributed by atoms with Crippen molar-refractivity contribution < 1.29 is 14.3 Å². The highest BCUT2D eigenvalue weighted by Gasteiger charge is 2.24. The van der Waals surface area contributed by atoms with E-state index in [-0.39, 0.29) is 18.4 Å². The molecule has 1 aliphatic heterocycles. The van der Waals surface area contributed by atoms with Crippen LogP contribution in [0.1, 0.15) is 5.56 Å². The quantitative estimate of drug-likeness (QED) is 0.415. The van der Waals surface area contributed by atoms with Gasteiger partial charge in [0.15, 0.2) is 11.8 Å². The van der Waals surface area contributed by atoms with Crippen molar-refractivity contribution in [3.05, 3.63) is 93.3 Å². The van der Waals surface area contributed by atoms with Crippen LogP contribution in [-0.4, -0.2) is 23.6 Å². The predicted molar refractivity (Wildman–Crippen MR) is 134 cm³/mol. The van der Waals surface area contributed by atoms with Gasteiger partial charge in [0, 0.05) is 11.3 Å². The zero-order valence-corrected chi connectivity index (χ0v) is 19.4. The first-order valence-electron chi connectivity index (χ1n) is 9.79. The lowest BCUT2D eigenvalue weighted by Crippen LogP contribution is -2.20. The molecule has 0 radical (unpaired) electrons. The van der Waals surface area contributed by atoms with Crippen molar-refractivity contribution in [1.82, 2.24) is 5.32 Å². The molecule has 0 aromatic heterocycles. The van der Waals surface area contributed by atoms with Gasteiger partial charge in [0.05, 0.1) is 20.6 Å². The molecule has 4 rings (SSSR count). The molecule has 1 fully saturated rings. The second kappa shape index (κ2) is 10.6. The summed E-state index contributed by atoms with van der Waals surface area (Å²) in [5.41, 5.74) is 1.93. The zero-order valence-electron chi connectivity index (χ0n) is 17.0. The van der Waals surface area contributed by atoms with Gasteiger partial charge in [-0.2, -0.15) is 0 Å². The van der Waals surface area contributed by atoms with Crippen LogP contribution in [0.15, 0.2) is 82.7 Å². The molecule has 33 heavy (non-hydrogen) atoms. The molecule has 1 heterocycles. The van der Waals surface area contributed by atoms with Crippen molar-refractivity contribution in [3.63, 3.8) is 0 Å². The fourth-order valence-corrected chi connectivity index (χ4v) is 4.02. The summed E-state index contributed by atoms with van der Waals surface area (Å²) in [7, 11) is 0. The highest BCUT2D eigenvalue weighted by Crippen LogP contribution is 2.30. The van der Waals surface area contributed by atoms with E-state index < -0.39 is 0 Å². The second-order valence-corrected chi connectivity index (χ2v) is 8.67. The van der Waals surface area contributed by atoms with Gasteiger partial charge in [-0.25, -0.2) is 4.99 Å². The first kappa shape index (κ1) is 22.9. The van der Waals surface area contributed by atoms with Crippen LogP contribution >= 0.6 is 35.0 Å². The van der Waals surface area contributed by atoms with E-state index in [2.05, 4.69) is 15.6 Å². The Labute approximate surface area is 204 Å². The van der Waals surface area contributed by atoms with Gasteiger partial charge in [-0.05, 0) is 54.2 Å². The largest absolute Gasteiger partial charge is 0.483 e. The third-order valence-corrected chi connectivity index (χ3v) is 6.05. The van der Waals surface area contributed by atoms with E-state index in [1.54, 1.807) is 42.5 Å². The zero-order chi connectivity index (χ0) is 23.2. The standard InChI is InChI=1S/C24H17Cl2N3O3S/c25-18-11-10-17(13-19(18)26)27-22(30)14-32-20-9-5-4-6-15(20)12-21-23(31)29-24(33-21)28-16-7-2-1-3-8-16/h1-13H,14H2,(H,27,30)(H,28,29,31)/b21-12+. The minimum atomic E-state index is -0.360. The van der Waals surface area contributed by atoms with Gasteiger partial charge in [0.2, 0.25) is 0 Å². The van der Waals surface area contributed by atoms with Crippen molar-refractivity contribution in [3.8, 4) is 5.75 Å². The number of nitrogens with one attached hydrogen (secondary N) is 2. The van der Waals surface area contributed by atoms with Gasteiger partial charge >= 0.3 is 0 Å². The Kier molecular flexibility index (Phi) is 7.34. The van der Waals surface area contributed by atoms with Gasteiger partial charge in [-0.1, -0.05) is 59.6 Å². The highest BCUT2D eigenvalue weighted by atomic mass is 35.5. The lowest BCUT2D eigenvalue weighted by atomic mass is 10.2. The summed E-state index contributed by atoms with van der Waals surface area (Å²) in [6.07, 6.45) is 1.71. The molecule has 6 nitrogen and oxygen atoms in total. The molecule has 2 N–H and O–H groups in total. The number of para-hydroxylation sites is 2. The summed E-state index contributed by atoms with van der Waals surface area (Å²) in [5, 5.41) is 6.70. The van der Waals surface area contributed by atoms with E-state index in [1.807, 2.05) is 36.4 Å². The highest BCUT2D eigenvalue weighted by molar-refractivity contribution is 8.18. The number of aliphatic imine (C=N–C) groups is 1. The van der Waals surface area contributed by atoms with Crippen LogP contribution < -0.4 is 15.4 Å². The van der Waals surface area contributed by atoms with Crippen LogP contribution in [0.3, 0.4) is 0 Å². The summed E-state index contributed by atoms with van der Waals surface area (Å²) in [6, 6.07) is 21.3. The van der Waals surface area contributed by atoms with Gasteiger partial charge in [0.1, 0.15) is 5.75 Å². The number of rotatable bonds is 6. The molecule has 0 atom stereocenters. The molecule has 0 saturated carbocycles. The van der Waals surface area contributed by atoms with E-state index >= 15 is 0 Å². The monoisotopic (exact) mass is 497 g/mol.